The van der Waals surface area contributed by atoms with Crippen LogP contribution in [-0.2, 0) is 4.79 Å². The normalized spacial score (nSPS) is 9.93. The molecule has 0 bridgehead atoms. The highest BCUT2D eigenvalue weighted by Gasteiger charge is 2.09. The van der Waals surface area contributed by atoms with Crippen molar-refractivity contribution in [1.29, 1.82) is 0 Å². The van der Waals surface area contributed by atoms with Gasteiger partial charge in [0.25, 0.3) is 0 Å². The van der Waals surface area contributed by atoms with Crippen LogP contribution in [0, 0.1) is 5.82 Å². The summed E-state index contributed by atoms with van der Waals surface area (Å²) in [7, 11) is 0. The maximum atomic E-state index is 13.1. The first-order valence-corrected chi connectivity index (χ1v) is 4.40. The van der Waals surface area contributed by atoms with Crippen LogP contribution in [0.3, 0.4) is 0 Å². The number of aromatic hydroxyl groups is 1. The molecule has 0 unspecified atom stereocenters. The molecule has 0 aliphatic rings. The lowest BCUT2D eigenvalue weighted by atomic mass is 10.2. The molecule has 1 amide bonds. The summed E-state index contributed by atoms with van der Waals surface area (Å²) in [6, 6.07) is 2.02. The molecule has 3 nitrogen and oxygen atoms in total. The van der Waals surface area contributed by atoms with E-state index in [1.54, 1.807) is 6.92 Å². The van der Waals surface area contributed by atoms with Crippen molar-refractivity contribution in [3.05, 3.63) is 23.0 Å². The zero-order valence-electron chi connectivity index (χ0n) is 7.47. The molecule has 0 saturated heterocycles. The highest BCUT2D eigenvalue weighted by atomic mass is 35.5. The average molecular weight is 218 g/mol. The maximum absolute atomic E-state index is 13.1. The van der Waals surface area contributed by atoms with E-state index in [0.717, 1.165) is 6.07 Å². The van der Waals surface area contributed by atoms with Gasteiger partial charge >= 0.3 is 0 Å². The smallest absolute Gasteiger partial charge is 0.224 e. The largest absolute Gasteiger partial charge is 0.506 e. The highest BCUT2D eigenvalue weighted by Crippen LogP contribution is 2.29. The summed E-state index contributed by atoms with van der Waals surface area (Å²) in [5, 5.41) is 11.3. The minimum absolute atomic E-state index is 0.00203. The lowest BCUT2D eigenvalue weighted by molar-refractivity contribution is -0.115. The molecule has 5 heteroatoms. The van der Waals surface area contributed by atoms with Crippen LogP contribution < -0.4 is 5.32 Å². The van der Waals surface area contributed by atoms with E-state index in [-0.39, 0.29) is 28.8 Å². The molecule has 76 valence electrons. The Balaban J connectivity index is 2.98. The van der Waals surface area contributed by atoms with Gasteiger partial charge in [0, 0.05) is 12.5 Å². The quantitative estimate of drug-likeness (QED) is 0.748. The summed E-state index contributed by atoms with van der Waals surface area (Å²) in [6.45, 7) is 1.65. The molecule has 2 N–H and O–H groups in total. The summed E-state index contributed by atoms with van der Waals surface area (Å²) in [5.74, 6) is -1.38. The molecule has 0 saturated carbocycles. The third-order valence-electron chi connectivity index (χ3n) is 1.63. The van der Waals surface area contributed by atoms with Crippen molar-refractivity contribution in [3.8, 4) is 5.75 Å². The van der Waals surface area contributed by atoms with Crippen molar-refractivity contribution in [2.45, 2.75) is 13.3 Å². The Kier molecular flexibility index (Phi) is 3.30. The van der Waals surface area contributed by atoms with E-state index < -0.39 is 5.82 Å². The molecule has 0 aliphatic carbocycles. The standard InChI is InChI=1S/C9H9ClFNO2/c1-2-9(14)12-7-3-5(10)8(13)4-6(7)11/h3-4,13H,2H2,1H3,(H,12,14). The van der Waals surface area contributed by atoms with E-state index in [9.17, 15) is 9.18 Å². The molecule has 1 rings (SSSR count). The van der Waals surface area contributed by atoms with Crippen LogP contribution in [0.2, 0.25) is 5.02 Å². The fraction of sp³-hybridized carbons (Fsp3) is 0.222. The monoisotopic (exact) mass is 217 g/mol. The van der Waals surface area contributed by atoms with Crippen molar-refractivity contribution in [2.24, 2.45) is 0 Å². The number of phenols is 1. The fourth-order valence-electron chi connectivity index (χ4n) is 0.871. The molecule has 0 fully saturated rings. The van der Waals surface area contributed by atoms with Crippen molar-refractivity contribution in [2.75, 3.05) is 5.32 Å². The zero-order chi connectivity index (χ0) is 10.7. The number of hydrogen-bond donors (Lipinski definition) is 2. The van der Waals surface area contributed by atoms with Gasteiger partial charge < -0.3 is 10.4 Å². The van der Waals surface area contributed by atoms with Crippen LogP contribution in [0.4, 0.5) is 10.1 Å². The molecule has 0 heterocycles. The number of hydrogen-bond acceptors (Lipinski definition) is 2. The number of carbonyl (C=O) groups excluding carboxylic acids is 1. The SMILES string of the molecule is CCC(=O)Nc1cc(Cl)c(O)cc1F. The third kappa shape index (κ3) is 2.35. The Hall–Kier alpha value is -1.29. The van der Waals surface area contributed by atoms with Crippen LogP contribution in [0.25, 0.3) is 0 Å². The van der Waals surface area contributed by atoms with Crippen molar-refractivity contribution in [1.82, 2.24) is 0 Å². The van der Waals surface area contributed by atoms with Crippen LogP contribution in [0.5, 0.6) is 5.75 Å². The van der Waals surface area contributed by atoms with Gasteiger partial charge in [-0.25, -0.2) is 4.39 Å². The Bertz CT molecular complexity index is 368. The van der Waals surface area contributed by atoms with Gasteiger partial charge in [0.2, 0.25) is 5.91 Å². The lowest BCUT2D eigenvalue weighted by Gasteiger charge is -2.06. The van der Waals surface area contributed by atoms with Gasteiger partial charge in [0.1, 0.15) is 11.6 Å². The molecule has 1 aromatic rings. The Morgan fingerprint density at radius 1 is 1.64 bits per heavy atom. The van der Waals surface area contributed by atoms with Crippen LogP contribution in [-0.4, -0.2) is 11.0 Å². The predicted octanol–water partition coefficient (Wildman–Crippen LogP) is 2.53. The van der Waals surface area contributed by atoms with E-state index in [4.69, 9.17) is 16.7 Å². The number of amides is 1. The van der Waals surface area contributed by atoms with Gasteiger partial charge in [-0.3, -0.25) is 4.79 Å². The Morgan fingerprint density at radius 2 is 2.29 bits per heavy atom. The minimum Gasteiger partial charge on any atom is -0.506 e. The van der Waals surface area contributed by atoms with E-state index in [2.05, 4.69) is 5.32 Å². The van der Waals surface area contributed by atoms with E-state index in [0.29, 0.717) is 0 Å². The Morgan fingerprint density at radius 3 is 2.86 bits per heavy atom. The number of rotatable bonds is 2. The van der Waals surface area contributed by atoms with Gasteiger partial charge in [-0.2, -0.15) is 0 Å². The molecular formula is C9H9ClFNO2. The van der Waals surface area contributed by atoms with Crippen LogP contribution >= 0.6 is 11.6 Å². The van der Waals surface area contributed by atoms with Crippen molar-refractivity contribution in [3.63, 3.8) is 0 Å². The van der Waals surface area contributed by atoms with Crippen molar-refractivity contribution < 1.29 is 14.3 Å². The van der Waals surface area contributed by atoms with Gasteiger partial charge in [-0.15, -0.1) is 0 Å². The second-order valence-electron chi connectivity index (χ2n) is 2.69. The first-order valence-electron chi connectivity index (χ1n) is 4.02. The lowest BCUT2D eigenvalue weighted by Crippen LogP contribution is -2.10. The van der Waals surface area contributed by atoms with E-state index in [1.807, 2.05) is 0 Å². The summed E-state index contributed by atoms with van der Waals surface area (Å²) >= 11 is 5.54. The van der Waals surface area contributed by atoms with Crippen molar-refractivity contribution >= 4 is 23.2 Å². The first kappa shape index (κ1) is 10.8. The predicted molar refractivity (Wildman–Crippen MR) is 52.0 cm³/mol. The molecule has 0 aliphatic heterocycles. The van der Waals surface area contributed by atoms with Gasteiger partial charge in [0.05, 0.1) is 10.7 Å². The fourth-order valence-corrected chi connectivity index (χ4v) is 1.03. The zero-order valence-corrected chi connectivity index (χ0v) is 8.23. The van der Waals surface area contributed by atoms with Crippen LogP contribution in [0.1, 0.15) is 13.3 Å². The van der Waals surface area contributed by atoms with Gasteiger partial charge in [-0.05, 0) is 6.07 Å². The maximum Gasteiger partial charge on any atom is 0.224 e. The second-order valence-corrected chi connectivity index (χ2v) is 3.09. The number of benzene rings is 1. The first-order chi connectivity index (χ1) is 6.54. The molecule has 0 atom stereocenters. The summed E-state index contributed by atoms with van der Waals surface area (Å²) in [6.07, 6.45) is 0.248. The molecule has 1 aromatic carbocycles. The minimum atomic E-state index is -0.714. The topological polar surface area (TPSA) is 49.3 Å². The summed E-state index contributed by atoms with van der Waals surface area (Å²) in [4.78, 5) is 10.9. The molecule has 0 aromatic heterocycles. The number of halogens is 2. The third-order valence-corrected chi connectivity index (χ3v) is 1.93. The average Bonchev–Trinajstić information content (AvgIpc) is 2.14. The molecule has 0 spiro atoms. The second kappa shape index (κ2) is 4.28. The number of anilines is 1. The molecular weight excluding hydrogens is 209 g/mol. The highest BCUT2D eigenvalue weighted by molar-refractivity contribution is 6.32. The Labute approximate surface area is 85.5 Å². The van der Waals surface area contributed by atoms with Crippen LogP contribution in [0.15, 0.2) is 12.1 Å². The molecule has 14 heavy (non-hydrogen) atoms. The summed E-state index contributed by atoms with van der Waals surface area (Å²) in [5.41, 5.74) is -0.0281. The van der Waals surface area contributed by atoms with E-state index in [1.165, 1.54) is 6.07 Å². The molecule has 0 radical (unpaired) electrons. The number of phenolic OH excluding ortho intramolecular Hbond substituents is 1. The number of carbonyl (C=O) groups is 1. The van der Waals surface area contributed by atoms with Gasteiger partial charge in [-0.1, -0.05) is 18.5 Å². The number of nitrogens with one attached hydrogen (secondary N) is 1. The van der Waals surface area contributed by atoms with Gasteiger partial charge in [0.15, 0.2) is 0 Å². The summed E-state index contributed by atoms with van der Waals surface area (Å²) < 4.78 is 13.1. The van der Waals surface area contributed by atoms with E-state index >= 15 is 0 Å².